The van der Waals surface area contributed by atoms with Crippen LogP contribution in [0, 0.1) is 0 Å². The van der Waals surface area contributed by atoms with Crippen LogP contribution in [0.3, 0.4) is 0 Å². The largest absolute Gasteiger partial charge is 0.495 e. The van der Waals surface area contributed by atoms with Gasteiger partial charge in [-0.25, -0.2) is 4.98 Å². The fourth-order valence-electron chi connectivity index (χ4n) is 4.45. The van der Waals surface area contributed by atoms with Crippen LogP contribution in [-0.2, 0) is 0 Å². The molecule has 2 aliphatic rings. The van der Waals surface area contributed by atoms with Gasteiger partial charge in [-0.15, -0.1) is 0 Å². The number of ether oxygens (including phenoxy) is 1. The van der Waals surface area contributed by atoms with E-state index in [0.29, 0.717) is 0 Å². The number of aromatic nitrogens is 1. The molecule has 0 atom stereocenters. The van der Waals surface area contributed by atoms with Crippen molar-refractivity contribution in [3.63, 3.8) is 0 Å². The second-order valence-electron chi connectivity index (χ2n) is 7.90. The number of piperazine rings is 1. The van der Waals surface area contributed by atoms with E-state index in [0.717, 1.165) is 57.3 Å². The van der Waals surface area contributed by atoms with Gasteiger partial charge in [-0.05, 0) is 49.4 Å². The molecule has 0 aliphatic carbocycles. The highest BCUT2D eigenvalue weighted by Gasteiger charge is 2.24. The standard InChI is InChI=1S/C25H28N4OS/c1-30-22-10-4-2-8-20(22)28-18-16-27(17-19-28)14-7-15-29-21-9-3-5-11-23(21)31-24-12-6-13-26-25(24)29/h2-6,8-13H,7,14-19H2,1H3. The van der Waals surface area contributed by atoms with Crippen molar-refractivity contribution >= 4 is 29.0 Å². The van der Waals surface area contributed by atoms with Crippen molar-refractivity contribution in [2.45, 2.75) is 16.2 Å². The van der Waals surface area contributed by atoms with Crippen molar-refractivity contribution in [1.29, 1.82) is 0 Å². The van der Waals surface area contributed by atoms with Crippen LogP contribution in [0.5, 0.6) is 5.75 Å². The summed E-state index contributed by atoms with van der Waals surface area (Å²) >= 11 is 1.82. The van der Waals surface area contributed by atoms with E-state index in [1.807, 2.05) is 36.2 Å². The summed E-state index contributed by atoms with van der Waals surface area (Å²) in [5.41, 5.74) is 2.48. The van der Waals surface area contributed by atoms with Crippen LogP contribution in [0.15, 0.2) is 76.7 Å². The predicted octanol–water partition coefficient (Wildman–Crippen LogP) is 4.91. The number of hydrogen-bond donors (Lipinski definition) is 0. The Morgan fingerprint density at radius 2 is 1.58 bits per heavy atom. The molecule has 0 N–H and O–H groups in total. The molecule has 1 saturated heterocycles. The monoisotopic (exact) mass is 432 g/mol. The quantitative estimate of drug-likeness (QED) is 0.551. The fraction of sp³-hybridized carbons (Fsp3) is 0.320. The summed E-state index contributed by atoms with van der Waals surface area (Å²) in [5.74, 6) is 2.05. The van der Waals surface area contributed by atoms with Gasteiger partial charge in [0, 0.05) is 43.8 Å². The third kappa shape index (κ3) is 4.23. The Balaban J connectivity index is 1.19. The molecule has 5 nitrogen and oxygen atoms in total. The number of fused-ring (bicyclic) bond motifs is 2. The van der Waals surface area contributed by atoms with Gasteiger partial charge >= 0.3 is 0 Å². The fourth-order valence-corrected chi connectivity index (χ4v) is 5.51. The molecule has 0 saturated carbocycles. The smallest absolute Gasteiger partial charge is 0.147 e. The number of hydrogen-bond acceptors (Lipinski definition) is 6. The van der Waals surface area contributed by atoms with Crippen molar-refractivity contribution in [2.24, 2.45) is 0 Å². The SMILES string of the molecule is COc1ccccc1N1CCN(CCCN2c3ccccc3Sc3cccnc32)CC1. The molecule has 2 aliphatic heterocycles. The predicted molar refractivity (Wildman–Crippen MR) is 128 cm³/mol. The van der Waals surface area contributed by atoms with E-state index < -0.39 is 0 Å². The van der Waals surface area contributed by atoms with E-state index in [1.54, 1.807) is 7.11 Å². The van der Waals surface area contributed by atoms with Gasteiger partial charge in [-0.3, -0.25) is 4.90 Å². The maximum Gasteiger partial charge on any atom is 0.147 e. The Morgan fingerprint density at radius 3 is 2.42 bits per heavy atom. The van der Waals surface area contributed by atoms with Gasteiger partial charge in [0.15, 0.2) is 0 Å². The highest BCUT2D eigenvalue weighted by Crippen LogP contribution is 2.46. The maximum absolute atomic E-state index is 5.55. The van der Waals surface area contributed by atoms with Gasteiger partial charge in [0.2, 0.25) is 0 Å². The van der Waals surface area contributed by atoms with Crippen molar-refractivity contribution in [3.8, 4) is 5.75 Å². The average molecular weight is 433 g/mol. The first-order valence-corrected chi connectivity index (χ1v) is 11.7. The summed E-state index contributed by atoms with van der Waals surface area (Å²) in [7, 11) is 1.75. The molecule has 6 heteroatoms. The third-order valence-corrected chi connectivity index (χ3v) is 7.14. The summed E-state index contributed by atoms with van der Waals surface area (Å²) in [4.78, 5) is 14.7. The molecule has 1 fully saturated rings. The Hall–Kier alpha value is -2.70. The molecule has 0 radical (unpaired) electrons. The highest BCUT2D eigenvalue weighted by molar-refractivity contribution is 7.99. The summed E-state index contributed by atoms with van der Waals surface area (Å²) in [6, 6.07) is 21.2. The molecule has 0 unspecified atom stereocenters. The van der Waals surface area contributed by atoms with E-state index in [9.17, 15) is 0 Å². The van der Waals surface area contributed by atoms with Crippen molar-refractivity contribution < 1.29 is 4.74 Å². The summed E-state index contributed by atoms with van der Waals surface area (Å²) in [5, 5.41) is 0. The number of pyridine rings is 1. The van der Waals surface area contributed by atoms with E-state index in [1.165, 1.54) is 21.2 Å². The van der Waals surface area contributed by atoms with Crippen LogP contribution >= 0.6 is 11.8 Å². The number of nitrogens with zero attached hydrogens (tertiary/aromatic N) is 4. The van der Waals surface area contributed by atoms with Crippen LogP contribution < -0.4 is 14.5 Å². The molecule has 3 aromatic rings. The molecule has 5 rings (SSSR count). The van der Waals surface area contributed by atoms with Crippen molar-refractivity contribution in [3.05, 3.63) is 66.9 Å². The molecule has 3 heterocycles. The number of anilines is 3. The molecule has 0 spiro atoms. The molecule has 1 aromatic heterocycles. The van der Waals surface area contributed by atoms with Gasteiger partial charge in [0.25, 0.3) is 0 Å². The van der Waals surface area contributed by atoms with Crippen LogP contribution in [0.4, 0.5) is 17.2 Å². The minimum atomic E-state index is 0.962. The molecular weight excluding hydrogens is 404 g/mol. The van der Waals surface area contributed by atoms with E-state index >= 15 is 0 Å². The Labute approximate surface area is 188 Å². The molecule has 2 aromatic carbocycles. The van der Waals surface area contributed by atoms with Crippen LogP contribution in [-0.4, -0.2) is 56.3 Å². The topological polar surface area (TPSA) is 31.8 Å². The lowest BCUT2D eigenvalue weighted by molar-refractivity contribution is 0.255. The lowest BCUT2D eigenvalue weighted by Crippen LogP contribution is -2.47. The molecule has 31 heavy (non-hydrogen) atoms. The van der Waals surface area contributed by atoms with E-state index in [4.69, 9.17) is 9.72 Å². The Morgan fingerprint density at radius 1 is 0.839 bits per heavy atom. The zero-order chi connectivity index (χ0) is 21.0. The lowest BCUT2D eigenvalue weighted by Gasteiger charge is -2.37. The normalized spacial score (nSPS) is 16.0. The Kier molecular flexibility index (Phi) is 6.00. The zero-order valence-electron chi connectivity index (χ0n) is 17.9. The summed E-state index contributed by atoms with van der Waals surface area (Å²) in [6.07, 6.45) is 3.01. The van der Waals surface area contributed by atoms with Gasteiger partial charge < -0.3 is 14.5 Å². The van der Waals surface area contributed by atoms with Crippen LogP contribution in [0.25, 0.3) is 0 Å². The molecular formula is C25H28N4OS. The zero-order valence-corrected chi connectivity index (χ0v) is 18.7. The average Bonchev–Trinajstić information content (AvgIpc) is 2.84. The van der Waals surface area contributed by atoms with Crippen molar-refractivity contribution in [2.75, 3.05) is 56.2 Å². The number of methoxy groups -OCH3 is 1. The van der Waals surface area contributed by atoms with Crippen molar-refractivity contribution in [1.82, 2.24) is 9.88 Å². The molecule has 0 bridgehead atoms. The van der Waals surface area contributed by atoms with E-state index in [-0.39, 0.29) is 0 Å². The number of benzene rings is 2. The van der Waals surface area contributed by atoms with Gasteiger partial charge in [-0.1, -0.05) is 36.0 Å². The number of rotatable bonds is 6. The minimum absolute atomic E-state index is 0.962. The highest BCUT2D eigenvalue weighted by atomic mass is 32.2. The maximum atomic E-state index is 5.55. The van der Waals surface area contributed by atoms with Crippen LogP contribution in [0.2, 0.25) is 0 Å². The third-order valence-electron chi connectivity index (χ3n) is 6.04. The summed E-state index contributed by atoms with van der Waals surface area (Å²) in [6.45, 7) is 6.32. The van der Waals surface area contributed by atoms with Gasteiger partial charge in [0.1, 0.15) is 11.6 Å². The Bertz CT molecular complexity index is 990. The lowest BCUT2D eigenvalue weighted by atomic mass is 10.2. The molecule has 0 amide bonds. The second kappa shape index (κ2) is 9.20. The number of para-hydroxylation sites is 3. The van der Waals surface area contributed by atoms with Gasteiger partial charge in [0.05, 0.1) is 23.4 Å². The summed E-state index contributed by atoms with van der Waals surface area (Å²) < 4.78 is 5.55. The first-order chi connectivity index (χ1) is 15.3. The second-order valence-corrected chi connectivity index (χ2v) is 8.98. The minimum Gasteiger partial charge on any atom is -0.495 e. The van der Waals surface area contributed by atoms with E-state index in [2.05, 4.69) is 57.2 Å². The first kappa shape index (κ1) is 20.2. The van der Waals surface area contributed by atoms with Crippen LogP contribution in [0.1, 0.15) is 6.42 Å². The molecule has 160 valence electrons. The first-order valence-electron chi connectivity index (χ1n) is 10.9. The van der Waals surface area contributed by atoms with Gasteiger partial charge in [-0.2, -0.15) is 0 Å².